The zero-order valence-corrected chi connectivity index (χ0v) is 7.41. The van der Waals surface area contributed by atoms with Crippen LogP contribution in [0.15, 0.2) is 0 Å². The van der Waals surface area contributed by atoms with E-state index in [0.29, 0.717) is 0 Å². The molecule has 0 rings (SSSR count). The summed E-state index contributed by atoms with van der Waals surface area (Å²) >= 11 is 0. The van der Waals surface area contributed by atoms with E-state index < -0.39 is 7.82 Å². The average Bonchev–Trinajstić information content (AvgIpc) is 1.63. The van der Waals surface area contributed by atoms with Gasteiger partial charge in [-0.2, -0.15) is 0 Å². The van der Waals surface area contributed by atoms with Gasteiger partial charge in [-0.05, 0) is 13.8 Å². The van der Waals surface area contributed by atoms with Crippen molar-refractivity contribution in [3.05, 3.63) is 0 Å². The second-order valence-corrected chi connectivity index (χ2v) is 2.32. The molecule has 0 aromatic carbocycles. The maximum absolute atomic E-state index is 8.88. The second kappa shape index (κ2) is 10.0. The molecular formula is C4H15O6P. The Morgan fingerprint density at radius 1 is 1.18 bits per heavy atom. The first-order chi connectivity index (χ1) is 4.41. The first-order valence-corrected chi connectivity index (χ1v) is 4.34. The van der Waals surface area contributed by atoms with Crippen LogP contribution < -0.4 is 0 Å². The van der Waals surface area contributed by atoms with E-state index in [1.807, 2.05) is 13.8 Å². The van der Waals surface area contributed by atoms with Crippen LogP contribution in [0.25, 0.3) is 0 Å². The Balaban J connectivity index is -0.000000107. The summed E-state index contributed by atoms with van der Waals surface area (Å²) in [6, 6.07) is 0. The molecule has 0 saturated carbocycles. The van der Waals surface area contributed by atoms with Crippen LogP contribution >= 0.6 is 7.82 Å². The van der Waals surface area contributed by atoms with E-state index in [-0.39, 0.29) is 5.48 Å². The van der Waals surface area contributed by atoms with Crippen molar-refractivity contribution in [1.82, 2.24) is 0 Å². The molecule has 0 bridgehead atoms. The molecule has 0 unspecified atom stereocenters. The molecule has 11 heavy (non-hydrogen) atoms. The lowest BCUT2D eigenvalue weighted by molar-refractivity contribution is 0.162. The predicted molar refractivity (Wildman–Crippen MR) is 40.0 cm³/mol. The highest BCUT2D eigenvalue weighted by Gasteiger charge is 2.00. The van der Waals surface area contributed by atoms with Gasteiger partial charge in [-0.25, -0.2) is 4.57 Å². The Bertz CT molecular complexity index is 88.5. The summed E-state index contributed by atoms with van der Waals surface area (Å²) < 4.78 is 13.7. The van der Waals surface area contributed by atoms with E-state index in [0.717, 1.165) is 13.2 Å². The maximum Gasteiger partial charge on any atom is 0.466 e. The average molecular weight is 190 g/mol. The van der Waals surface area contributed by atoms with E-state index in [9.17, 15) is 0 Å². The van der Waals surface area contributed by atoms with E-state index in [1.54, 1.807) is 0 Å². The molecule has 6 nitrogen and oxygen atoms in total. The predicted octanol–water partition coefficient (Wildman–Crippen LogP) is -0.710. The van der Waals surface area contributed by atoms with Crippen LogP contribution in [0, 0.1) is 0 Å². The van der Waals surface area contributed by atoms with Crippen molar-refractivity contribution >= 4 is 7.82 Å². The minimum atomic E-state index is -4.64. The maximum atomic E-state index is 8.88. The zero-order valence-electron chi connectivity index (χ0n) is 6.52. The van der Waals surface area contributed by atoms with Crippen LogP contribution in [0.4, 0.5) is 0 Å². The van der Waals surface area contributed by atoms with Gasteiger partial charge >= 0.3 is 7.82 Å². The quantitative estimate of drug-likeness (QED) is 0.497. The van der Waals surface area contributed by atoms with Gasteiger partial charge in [0, 0.05) is 13.2 Å². The third-order valence-corrected chi connectivity index (χ3v) is 0.408. The normalized spacial score (nSPS) is 9.18. The lowest BCUT2D eigenvalue weighted by Gasteiger charge is -1.86. The summed E-state index contributed by atoms with van der Waals surface area (Å²) in [7, 11) is -4.64. The van der Waals surface area contributed by atoms with E-state index >= 15 is 0 Å². The van der Waals surface area contributed by atoms with Gasteiger partial charge < -0.3 is 24.9 Å². The molecule has 0 radical (unpaired) electrons. The standard InChI is InChI=1S/C4H10O.H3O4P.H2O/c1-3-5-4-2;1-5(2,3)4;/h3-4H2,1-2H3;(H3,1,2,3,4);1H2. The van der Waals surface area contributed by atoms with E-state index in [4.69, 9.17) is 24.0 Å². The fourth-order valence-electron chi connectivity index (χ4n) is 0.204. The Kier molecular flexibility index (Phi) is 15.7. The van der Waals surface area contributed by atoms with Gasteiger partial charge in [0.25, 0.3) is 0 Å². The summed E-state index contributed by atoms with van der Waals surface area (Å²) in [5, 5.41) is 0. The van der Waals surface area contributed by atoms with Crippen LogP contribution in [-0.2, 0) is 9.30 Å². The summed E-state index contributed by atoms with van der Waals surface area (Å²) in [5.74, 6) is 0. The largest absolute Gasteiger partial charge is 0.466 e. The zero-order chi connectivity index (χ0) is 8.62. The highest BCUT2D eigenvalue weighted by molar-refractivity contribution is 7.45. The minimum absolute atomic E-state index is 0. The Labute approximate surface area is 65.4 Å². The number of ether oxygens (including phenoxy) is 1. The van der Waals surface area contributed by atoms with Crippen LogP contribution in [0.1, 0.15) is 13.8 Å². The molecule has 0 aliphatic heterocycles. The SMILES string of the molecule is CCOCC.O.O=P(O)(O)O. The van der Waals surface area contributed by atoms with E-state index in [1.165, 1.54) is 0 Å². The van der Waals surface area contributed by atoms with Gasteiger partial charge in [0.15, 0.2) is 0 Å². The monoisotopic (exact) mass is 190 g/mol. The first kappa shape index (κ1) is 17.2. The Morgan fingerprint density at radius 2 is 1.36 bits per heavy atom. The number of hydrogen-bond acceptors (Lipinski definition) is 2. The molecule has 0 aromatic rings. The summed E-state index contributed by atoms with van der Waals surface area (Å²) in [6.07, 6.45) is 0. The van der Waals surface area contributed by atoms with Crippen LogP contribution in [0.3, 0.4) is 0 Å². The summed E-state index contributed by atoms with van der Waals surface area (Å²) in [6.45, 7) is 5.67. The third kappa shape index (κ3) is 157. The Hall–Kier alpha value is 0.0300. The molecular weight excluding hydrogens is 175 g/mol. The van der Waals surface area contributed by atoms with Crippen LogP contribution in [0.5, 0.6) is 0 Å². The number of rotatable bonds is 2. The summed E-state index contributed by atoms with van der Waals surface area (Å²) in [4.78, 5) is 21.6. The van der Waals surface area contributed by atoms with Crippen LogP contribution in [-0.4, -0.2) is 33.4 Å². The topological polar surface area (TPSA) is 118 Å². The van der Waals surface area contributed by atoms with Gasteiger partial charge in [0.05, 0.1) is 0 Å². The van der Waals surface area contributed by atoms with Gasteiger partial charge in [0.1, 0.15) is 0 Å². The molecule has 0 aliphatic carbocycles. The second-order valence-electron chi connectivity index (χ2n) is 1.29. The third-order valence-electron chi connectivity index (χ3n) is 0.408. The van der Waals surface area contributed by atoms with Gasteiger partial charge in [-0.15, -0.1) is 0 Å². The van der Waals surface area contributed by atoms with Gasteiger partial charge in [0.2, 0.25) is 0 Å². The fourth-order valence-corrected chi connectivity index (χ4v) is 0.204. The van der Waals surface area contributed by atoms with Crippen molar-refractivity contribution in [3.8, 4) is 0 Å². The van der Waals surface area contributed by atoms with Crippen molar-refractivity contribution in [3.63, 3.8) is 0 Å². The van der Waals surface area contributed by atoms with Crippen LogP contribution in [0.2, 0.25) is 0 Å². The lowest BCUT2D eigenvalue weighted by Crippen LogP contribution is -1.84. The molecule has 0 spiro atoms. The van der Waals surface area contributed by atoms with Crippen molar-refractivity contribution in [2.75, 3.05) is 13.2 Å². The fraction of sp³-hybridized carbons (Fsp3) is 1.00. The summed E-state index contributed by atoms with van der Waals surface area (Å²) in [5.41, 5.74) is 0. The Morgan fingerprint density at radius 3 is 1.36 bits per heavy atom. The minimum Gasteiger partial charge on any atom is -0.412 e. The van der Waals surface area contributed by atoms with Crippen molar-refractivity contribution in [2.45, 2.75) is 13.8 Å². The van der Waals surface area contributed by atoms with Crippen molar-refractivity contribution in [1.29, 1.82) is 0 Å². The van der Waals surface area contributed by atoms with Crippen molar-refractivity contribution in [2.24, 2.45) is 0 Å². The first-order valence-electron chi connectivity index (χ1n) is 2.77. The molecule has 5 N–H and O–H groups in total. The van der Waals surface area contributed by atoms with Gasteiger partial charge in [-0.3, -0.25) is 0 Å². The molecule has 0 aliphatic rings. The van der Waals surface area contributed by atoms with Crippen molar-refractivity contribution < 1.29 is 29.5 Å². The van der Waals surface area contributed by atoms with Gasteiger partial charge in [-0.1, -0.05) is 0 Å². The molecule has 7 heteroatoms. The van der Waals surface area contributed by atoms with E-state index in [2.05, 4.69) is 0 Å². The highest BCUT2D eigenvalue weighted by atomic mass is 31.2. The highest BCUT2D eigenvalue weighted by Crippen LogP contribution is 2.25. The molecule has 0 amide bonds. The molecule has 0 atom stereocenters. The molecule has 0 aromatic heterocycles. The molecule has 0 fully saturated rings. The number of phosphoric acid groups is 1. The lowest BCUT2D eigenvalue weighted by atomic mass is 10.8. The smallest absolute Gasteiger partial charge is 0.412 e. The molecule has 0 saturated heterocycles. The number of hydrogen-bond donors (Lipinski definition) is 3. The molecule has 72 valence electrons. The molecule has 0 heterocycles.